The normalized spacial score (nSPS) is 23.6. The number of aryl methyl sites for hydroxylation is 1. The minimum atomic E-state index is 0.143. The first-order chi connectivity index (χ1) is 12.7. The van der Waals surface area contributed by atoms with Gasteiger partial charge in [0.1, 0.15) is 0 Å². The molecule has 1 amide bonds. The summed E-state index contributed by atoms with van der Waals surface area (Å²) in [6, 6.07) is 13.6. The van der Waals surface area contributed by atoms with Crippen LogP contribution < -0.4 is 10.6 Å². The third kappa shape index (κ3) is 3.78. The standard InChI is InChI=1S/C23H30N2O/c1-16-13-19-5-2-3-6-20(19)14-18(16)11-12-24-23(26)21-9-10-22(25-15-21)17-7-4-8-17/h2-3,5-6,13-14,17,21-22,25H,4,7-12,15H2,1H3,(H,24,26). The number of fused-ring (bicyclic) bond motifs is 1. The van der Waals surface area contributed by atoms with Gasteiger partial charge in [-0.1, -0.05) is 42.8 Å². The number of hydrogen-bond donors (Lipinski definition) is 2. The Labute approximate surface area is 156 Å². The molecule has 26 heavy (non-hydrogen) atoms. The second-order valence-corrected chi connectivity index (χ2v) is 8.15. The van der Waals surface area contributed by atoms with E-state index in [-0.39, 0.29) is 11.8 Å². The van der Waals surface area contributed by atoms with Gasteiger partial charge in [0.15, 0.2) is 0 Å². The van der Waals surface area contributed by atoms with Gasteiger partial charge in [0.25, 0.3) is 0 Å². The third-order valence-electron chi connectivity index (χ3n) is 6.44. The molecule has 1 saturated carbocycles. The number of amides is 1. The molecule has 0 radical (unpaired) electrons. The molecule has 1 heterocycles. The SMILES string of the molecule is Cc1cc2ccccc2cc1CCNC(=O)C1CCC(C2CCC2)NC1. The number of rotatable bonds is 5. The number of benzene rings is 2. The van der Waals surface area contributed by atoms with Gasteiger partial charge >= 0.3 is 0 Å². The van der Waals surface area contributed by atoms with E-state index in [0.29, 0.717) is 6.04 Å². The molecule has 0 spiro atoms. The van der Waals surface area contributed by atoms with Crippen LogP contribution in [0, 0.1) is 18.8 Å². The summed E-state index contributed by atoms with van der Waals surface area (Å²) in [4.78, 5) is 12.5. The van der Waals surface area contributed by atoms with Crippen molar-refractivity contribution < 1.29 is 4.79 Å². The molecule has 2 unspecified atom stereocenters. The van der Waals surface area contributed by atoms with Crippen LogP contribution in [0.5, 0.6) is 0 Å². The average Bonchev–Trinajstić information content (AvgIpc) is 2.61. The molecule has 2 aromatic rings. The number of carbonyl (C=O) groups is 1. The van der Waals surface area contributed by atoms with Crippen molar-refractivity contribution in [1.82, 2.24) is 10.6 Å². The first-order valence-corrected chi connectivity index (χ1v) is 10.2. The molecule has 0 bridgehead atoms. The Kier molecular flexibility index (Phi) is 5.26. The summed E-state index contributed by atoms with van der Waals surface area (Å²) in [5.41, 5.74) is 2.64. The van der Waals surface area contributed by atoms with Crippen molar-refractivity contribution >= 4 is 16.7 Å². The van der Waals surface area contributed by atoms with Crippen molar-refractivity contribution in [2.75, 3.05) is 13.1 Å². The zero-order valence-electron chi connectivity index (χ0n) is 15.8. The average molecular weight is 351 g/mol. The Morgan fingerprint density at radius 2 is 1.88 bits per heavy atom. The van der Waals surface area contributed by atoms with E-state index in [1.807, 2.05) is 0 Å². The molecule has 1 saturated heterocycles. The molecule has 4 rings (SSSR count). The Hall–Kier alpha value is -1.87. The molecule has 2 N–H and O–H groups in total. The summed E-state index contributed by atoms with van der Waals surface area (Å²) < 4.78 is 0. The molecule has 2 aromatic carbocycles. The fourth-order valence-electron chi connectivity index (χ4n) is 4.48. The van der Waals surface area contributed by atoms with Gasteiger partial charge in [-0.05, 0) is 66.8 Å². The molecule has 1 aliphatic heterocycles. The summed E-state index contributed by atoms with van der Waals surface area (Å²) >= 11 is 0. The first kappa shape index (κ1) is 17.5. The minimum Gasteiger partial charge on any atom is -0.355 e. The molecule has 138 valence electrons. The lowest BCUT2D eigenvalue weighted by Gasteiger charge is -2.38. The fourth-order valence-corrected chi connectivity index (χ4v) is 4.48. The molecule has 3 nitrogen and oxygen atoms in total. The second-order valence-electron chi connectivity index (χ2n) is 8.15. The van der Waals surface area contributed by atoms with E-state index in [9.17, 15) is 4.79 Å². The first-order valence-electron chi connectivity index (χ1n) is 10.2. The van der Waals surface area contributed by atoms with E-state index >= 15 is 0 Å². The number of piperidine rings is 1. The molecular formula is C23H30N2O. The van der Waals surface area contributed by atoms with Gasteiger partial charge in [-0.25, -0.2) is 0 Å². The fraction of sp³-hybridized carbons (Fsp3) is 0.522. The van der Waals surface area contributed by atoms with Gasteiger partial charge in [0, 0.05) is 19.1 Å². The van der Waals surface area contributed by atoms with Crippen molar-refractivity contribution in [1.29, 1.82) is 0 Å². The van der Waals surface area contributed by atoms with Crippen molar-refractivity contribution in [2.45, 2.75) is 51.5 Å². The van der Waals surface area contributed by atoms with Crippen LogP contribution in [0.2, 0.25) is 0 Å². The molecule has 1 aliphatic carbocycles. The molecule has 2 aliphatic rings. The minimum absolute atomic E-state index is 0.143. The van der Waals surface area contributed by atoms with Gasteiger partial charge in [-0.15, -0.1) is 0 Å². The van der Waals surface area contributed by atoms with Crippen LogP contribution in [-0.2, 0) is 11.2 Å². The summed E-state index contributed by atoms with van der Waals surface area (Å²) in [7, 11) is 0. The Bertz CT molecular complexity index is 773. The highest BCUT2D eigenvalue weighted by Gasteiger charge is 2.32. The van der Waals surface area contributed by atoms with Crippen LogP contribution in [0.3, 0.4) is 0 Å². The van der Waals surface area contributed by atoms with E-state index in [4.69, 9.17) is 0 Å². The molecule has 0 aromatic heterocycles. The monoisotopic (exact) mass is 350 g/mol. The second kappa shape index (κ2) is 7.79. The highest BCUT2D eigenvalue weighted by molar-refractivity contribution is 5.84. The van der Waals surface area contributed by atoms with Crippen LogP contribution in [0.15, 0.2) is 36.4 Å². The lowest BCUT2D eigenvalue weighted by molar-refractivity contribution is -0.125. The molecular weight excluding hydrogens is 320 g/mol. The highest BCUT2D eigenvalue weighted by Crippen LogP contribution is 2.33. The van der Waals surface area contributed by atoms with Crippen LogP contribution in [0.4, 0.5) is 0 Å². The Morgan fingerprint density at radius 3 is 2.54 bits per heavy atom. The maximum absolute atomic E-state index is 12.5. The molecule has 3 heteroatoms. The number of carbonyl (C=O) groups excluding carboxylic acids is 1. The zero-order chi connectivity index (χ0) is 17.9. The summed E-state index contributed by atoms with van der Waals surface area (Å²) in [5.74, 6) is 1.24. The van der Waals surface area contributed by atoms with E-state index in [1.165, 1.54) is 41.2 Å². The largest absolute Gasteiger partial charge is 0.355 e. The summed E-state index contributed by atoms with van der Waals surface area (Å²) in [6.45, 7) is 3.73. The predicted molar refractivity (Wildman–Crippen MR) is 107 cm³/mol. The topological polar surface area (TPSA) is 41.1 Å². The van der Waals surface area contributed by atoms with Crippen molar-refractivity contribution in [3.05, 3.63) is 47.5 Å². The number of nitrogens with one attached hydrogen (secondary N) is 2. The van der Waals surface area contributed by atoms with E-state index in [2.05, 4.69) is 54.0 Å². The lowest BCUT2D eigenvalue weighted by atomic mass is 9.76. The van der Waals surface area contributed by atoms with Gasteiger partial charge in [-0.3, -0.25) is 4.79 Å². The van der Waals surface area contributed by atoms with E-state index < -0.39 is 0 Å². The Morgan fingerprint density at radius 1 is 1.12 bits per heavy atom. The maximum Gasteiger partial charge on any atom is 0.224 e. The third-order valence-corrected chi connectivity index (χ3v) is 6.44. The lowest BCUT2D eigenvalue weighted by Crippen LogP contribution is -2.49. The van der Waals surface area contributed by atoms with Crippen LogP contribution in [0.1, 0.15) is 43.2 Å². The van der Waals surface area contributed by atoms with Gasteiger partial charge in [-0.2, -0.15) is 0 Å². The van der Waals surface area contributed by atoms with E-state index in [1.54, 1.807) is 0 Å². The van der Waals surface area contributed by atoms with Gasteiger partial charge in [0.2, 0.25) is 5.91 Å². The van der Waals surface area contributed by atoms with Crippen LogP contribution in [0.25, 0.3) is 10.8 Å². The van der Waals surface area contributed by atoms with E-state index in [0.717, 1.165) is 38.3 Å². The van der Waals surface area contributed by atoms with Crippen molar-refractivity contribution in [3.63, 3.8) is 0 Å². The number of hydrogen-bond acceptors (Lipinski definition) is 2. The zero-order valence-corrected chi connectivity index (χ0v) is 15.8. The molecule has 2 fully saturated rings. The summed E-state index contributed by atoms with van der Waals surface area (Å²) in [5, 5.41) is 9.36. The maximum atomic E-state index is 12.5. The predicted octanol–water partition coefficient (Wildman–Crippen LogP) is 3.98. The van der Waals surface area contributed by atoms with Crippen LogP contribution in [-0.4, -0.2) is 25.0 Å². The van der Waals surface area contributed by atoms with Crippen LogP contribution >= 0.6 is 0 Å². The highest BCUT2D eigenvalue weighted by atomic mass is 16.1. The van der Waals surface area contributed by atoms with Gasteiger partial charge in [0.05, 0.1) is 5.92 Å². The molecule has 2 atom stereocenters. The van der Waals surface area contributed by atoms with Gasteiger partial charge < -0.3 is 10.6 Å². The van der Waals surface area contributed by atoms with Crippen molar-refractivity contribution in [2.24, 2.45) is 11.8 Å². The quantitative estimate of drug-likeness (QED) is 0.856. The smallest absolute Gasteiger partial charge is 0.224 e. The van der Waals surface area contributed by atoms with Crippen molar-refractivity contribution in [3.8, 4) is 0 Å². The Balaban J connectivity index is 1.27. The summed E-state index contributed by atoms with van der Waals surface area (Å²) in [6.07, 6.45) is 7.23.